The van der Waals surface area contributed by atoms with Crippen LogP contribution in [0.3, 0.4) is 0 Å². The van der Waals surface area contributed by atoms with Crippen LogP contribution in [-0.2, 0) is 6.42 Å². The van der Waals surface area contributed by atoms with Crippen LogP contribution in [0.25, 0.3) is 108 Å². The van der Waals surface area contributed by atoms with Crippen LogP contribution >= 0.6 is 22.7 Å². The molecule has 0 saturated carbocycles. The van der Waals surface area contributed by atoms with Crippen LogP contribution in [-0.4, -0.2) is 14.5 Å². The van der Waals surface area contributed by atoms with Crippen molar-refractivity contribution >= 4 is 113 Å². The van der Waals surface area contributed by atoms with Gasteiger partial charge in [-0.15, -0.1) is 22.7 Å². The first-order valence-electron chi connectivity index (χ1n) is 17.9. The van der Waals surface area contributed by atoms with E-state index in [1.807, 2.05) is 11.3 Å². The fraction of sp³-hybridized carbons (Fsp3) is 0.0638. The highest BCUT2D eigenvalue weighted by Crippen LogP contribution is 2.49. The summed E-state index contributed by atoms with van der Waals surface area (Å²) in [6.45, 7) is 2.33. The Labute approximate surface area is 306 Å². The summed E-state index contributed by atoms with van der Waals surface area (Å²) < 4.78 is 6.08. The van der Waals surface area contributed by atoms with Gasteiger partial charge in [0, 0.05) is 52.2 Å². The Balaban J connectivity index is 1.29. The molecule has 4 heterocycles. The number of aromatic nitrogens is 3. The van der Waals surface area contributed by atoms with E-state index in [9.17, 15) is 0 Å². The lowest BCUT2D eigenvalue weighted by Crippen LogP contribution is -2.03. The largest absolute Gasteiger partial charge is 0.277 e. The summed E-state index contributed by atoms with van der Waals surface area (Å²) in [4.78, 5) is 12.6. The van der Waals surface area contributed by atoms with E-state index < -0.39 is 0 Å². The first-order chi connectivity index (χ1) is 25.7. The van der Waals surface area contributed by atoms with Gasteiger partial charge in [0.05, 0.1) is 26.9 Å². The highest BCUT2D eigenvalue weighted by atomic mass is 32.1. The minimum Gasteiger partial charge on any atom is -0.277 e. The summed E-state index contributed by atoms with van der Waals surface area (Å²) in [5.74, 6) is 1.20. The Morgan fingerprint density at radius 1 is 0.615 bits per heavy atom. The molecule has 0 saturated heterocycles. The predicted octanol–water partition coefficient (Wildman–Crippen LogP) is 13.5. The Morgan fingerprint density at radius 3 is 2.17 bits per heavy atom. The van der Waals surface area contributed by atoms with Crippen LogP contribution in [0.2, 0.25) is 0 Å². The number of para-hydroxylation sites is 1. The minimum atomic E-state index is 0.497. The number of benzene rings is 7. The summed E-state index contributed by atoms with van der Waals surface area (Å²) in [7, 11) is 0. The molecule has 0 bridgehead atoms. The van der Waals surface area contributed by atoms with Crippen molar-refractivity contribution in [3.05, 3.63) is 144 Å². The van der Waals surface area contributed by atoms with Crippen molar-refractivity contribution in [3.8, 4) is 17.2 Å². The van der Waals surface area contributed by atoms with E-state index in [-0.39, 0.29) is 0 Å². The maximum absolute atomic E-state index is 5.69. The van der Waals surface area contributed by atoms with Crippen LogP contribution in [0.15, 0.2) is 133 Å². The molecule has 1 unspecified atom stereocenters. The highest BCUT2D eigenvalue weighted by molar-refractivity contribution is 7.26. The van der Waals surface area contributed by atoms with Crippen molar-refractivity contribution in [2.75, 3.05) is 0 Å². The van der Waals surface area contributed by atoms with Crippen LogP contribution in [0.4, 0.5) is 0 Å². The minimum absolute atomic E-state index is 0.497. The normalized spacial score (nSPS) is 14.7. The van der Waals surface area contributed by atoms with Gasteiger partial charge in [0.2, 0.25) is 5.95 Å². The van der Waals surface area contributed by atoms with Crippen LogP contribution in [0.1, 0.15) is 17.4 Å². The van der Waals surface area contributed by atoms with E-state index in [0.29, 0.717) is 11.9 Å². The number of thiophene rings is 2. The van der Waals surface area contributed by atoms with Gasteiger partial charge in [-0.3, -0.25) is 4.57 Å². The molecular weight excluding hydrogens is 671 g/mol. The topological polar surface area (TPSA) is 30.7 Å². The monoisotopic (exact) mass is 699 g/mol. The number of nitrogens with zero attached hydrogens (tertiary/aromatic N) is 3. The van der Waals surface area contributed by atoms with Crippen molar-refractivity contribution in [2.45, 2.75) is 13.3 Å². The lowest BCUT2D eigenvalue weighted by atomic mass is 9.91. The molecule has 0 amide bonds. The zero-order chi connectivity index (χ0) is 34.1. The number of hydrogen-bond acceptors (Lipinski definition) is 4. The van der Waals surface area contributed by atoms with Crippen molar-refractivity contribution in [1.82, 2.24) is 14.5 Å². The van der Waals surface area contributed by atoms with E-state index in [0.717, 1.165) is 38.8 Å². The molecule has 0 radical (unpaired) electrons. The molecule has 4 aromatic heterocycles. The van der Waals surface area contributed by atoms with E-state index in [1.54, 1.807) is 11.3 Å². The van der Waals surface area contributed by atoms with E-state index in [1.165, 1.54) is 73.8 Å². The summed E-state index contributed by atoms with van der Waals surface area (Å²) in [5.41, 5.74) is 6.89. The molecule has 1 aliphatic rings. The average molecular weight is 700 g/mol. The molecule has 0 aliphatic heterocycles. The molecule has 0 N–H and O–H groups in total. The smallest absolute Gasteiger partial charge is 0.235 e. The standard InChI is InChI=1S/C47H29N3S2/c1-26-22-23-39-36(24-26)41-40-33-18-8-10-20-37(33)50(44(40)31-16-6-7-17-32(31)45(41)51-39)47-48-42-34-19-9-11-21-38(34)52-46(42)43(49-47)35-25-27-12-2-3-13-28(27)29-14-4-5-15-30(29)35/h2-23,25-26H,24H2,1H3. The quantitative estimate of drug-likeness (QED) is 0.168. The van der Waals surface area contributed by atoms with Gasteiger partial charge in [-0.05, 0) is 63.7 Å². The SMILES string of the molecule is CC1C=Cc2sc3c4ccccc4c4c(c5ccccc5n4-c4nc(-c5cc6ccccc6c6ccccc56)c5sc6ccccc6c5n4)c3c2C1. The van der Waals surface area contributed by atoms with Gasteiger partial charge in [0.1, 0.15) is 0 Å². The lowest BCUT2D eigenvalue weighted by Gasteiger charge is -2.15. The molecule has 1 atom stereocenters. The average Bonchev–Trinajstić information content (AvgIpc) is 3.87. The van der Waals surface area contributed by atoms with Crippen molar-refractivity contribution < 1.29 is 0 Å². The lowest BCUT2D eigenvalue weighted by molar-refractivity contribution is 0.724. The van der Waals surface area contributed by atoms with Gasteiger partial charge in [0.25, 0.3) is 0 Å². The van der Waals surface area contributed by atoms with Gasteiger partial charge in [0.15, 0.2) is 0 Å². The molecule has 1 aliphatic carbocycles. The van der Waals surface area contributed by atoms with Crippen molar-refractivity contribution in [2.24, 2.45) is 5.92 Å². The van der Waals surface area contributed by atoms with Crippen LogP contribution < -0.4 is 0 Å². The Morgan fingerprint density at radius 2 is 1.31 bits per heavy atom. The van der Waals surface area contributed by atoms with Gasteiger partial charge < -0.3 is 0 Å². The molecule has 52 heavy (non-hydrogen) atoms. The fourth-order valence-electron chi connectivity index (χ4n) is 8.87. The Kier molecular flexibility index (Phi) is 5.85. The molecule has 7 aromatic carbocycles. The Bertz CT molecular complexity index is 3360. The molecule has 3 nitrogen and oxygen atoms in total. The molecule has 0 fully saturated rings. The zero-order valence-electron chi connectivity index (χ0n) is 28.2. The molecular formula is C47H29N3S2. The summed E-state index contributed by atoms with van der Waals surface area (Å²) in [6.07, 6.45) is 5.76. The third kappa shape index (κ3) is 3.84. The van der Waals surface area contributed by atoms with Gasteiger partial charge in [-0.25, -0.2) is 9.97 Å². The number of fused-ring (bicyclic) bond motifs is 16. The molecule has 5 heteroatoms. The predicted molar refractivity (Wildman–Crippen MR) is 224 cm³/mol. The molecule has 11 aromatic rings. The summed E-state index contributed by atoms with van der Waals surface area (Å²) >= 11 is 3.73. The fourth-order valence-corrected chi connectivity index (χ4v) is 11.3. The number of rotatable bonds is 2. The maximum atomic E-state index is 5.69. The first-order valence-corrected chi connectivity index (χ1v) is 19.5. The third-order valence-corrected chi connectivity index (χ3v) is 13.5. The van der Waals surface area contributed by atoms with Gasteiger partial charge in [-0.2, -0.15) is 0 Å². The van der Waals surface area contributed by atoms with Crippen molar-refractivity contribution in [3.63, 3.8) is 0 Å². The molecule has 244 valence electrons. The van der Waals surface area contributed by atoms with E-state index in [2.05, 4.69) is 151 Å². The van der Waals surface area contributed by atoms with Crippen molar-refractivity contribution in [1.29, 1.82) is 0 Å². The number of hydrogen-bond donors (Lipinski definition) is 0. The van der Waals surface area contributed by atoms with Crippen LogP contribution in [0, 0.1) is 5.92 Å². The highest BCUT2D eigenvalue weighted by Gasteiger charge is 2.27. The zero-order valence-corrected chi connectivity index (χ0v) is 29.9. The molecule has 0 spiro atoms. The van der Waals surface area contributed by atoms with Crippen LogP contribution in [0.5, 0.6) is 0 Å². The Hall–Kier alpha value is -5.88. The summed E-state index contributed by atoms with van der Waals surface area (Å²) in [5, 5.41) is 12.5. The van der Waals surface area contributed by atoms with Gasteiger partial charge in [-0.1, -0.05) is 122 Å². The second-order valence-corrected chi connectivity index (χ2v) is 16.3. The maximum Gasteiger partial charge on any atom is 0.235 e. The first kappa shape index (κ1) is 28.8. The third-order valence-electron chi connectivity index (χ3n) is 11.1. The summed E-state index contributed by atoms with van der Waals surface area (Å²) in [6, 6.07) is 46.3. The van der Waals surface area contributed by atoms with E-state index >= 15 is 0 Å². The second-order valence-electron chi connectivity index (χ2n) is 14.2. The van der Waals surface area contributed by atoms with E-state index in [4.69, 9.17) is 9.97 Å². The number of allylic oxidation sites excluding steroid dienone is 1. The van der Waals surface area contributed by atoms with Gasteiger partial charge >= 0.3 is 0 Å². The molecule has 12 rings (SSSR count). The second kappa shape index (κ2) is 10.6.